The van der Waals surface area contributed by atoms with Gasteiger partial charge in [-0.2, -0.15) is 4.98 Å². The van der Waals surface area contributed by atoms with Crippen LogP contribution >= 0.6 is 11.6 Å². The van der Waals surface area contributed by atoms with Crippen molar-refractivity contribution in [3.05, 3.63) is 71.0 Å². The smallest absolute Gasteiger partial charge is 0.259 e. The summed E-state index contributed by atoms with van der Waals surface area (Å²) < 4.78 is 5.31. The highest BCUT2D eigenvalue weighted by Gasteiger charge is 2.12. The van der Waals surface area contributed by atoms with E-state index in [1.54, 1.807) is 0 Å². The molecule has 5 heteroatoms. The average Bonchev–Trinajstić information content (AvgIpc) is 3.08. The molecule has 3 rings (SSSR count). The lowest BCUT2D eigenvalue weighted by Gasteiger charge is -2.12. The number of nitrogens with one attached hydrogen (secondary N) is 1. The first-order chi connectivity index (χ1) is 11.7. The molecule has 0 amide bonds. The Hall–Kier alpha value is -2.17. The lowest BCUT2D eigenvalue weighted by molar-refractivity contribution is 0.414. The van der Waals surface area contributed by atoms with Crippen LogP contribution in [0.5, 0.6) is 0 Å². The molecule has 1 atom stereocenters. The molecule has 1 unspecified atom stereocenters. The molecule has 0 aliphatic heterocycles. The van der Waals surface area contributed by atoms with Crippen LogP contribution in [0.3, 0.4) is 0 Å². The van der Waals surface area contributed by atoms with Crippen molar-refractivity contribution >= 4 is 11.6 Å². The van der Waals surface area contributed by atoms with Crippen LogP contribution in [0.4, 0.5) is 0 Å². The van der Waals surface area contributed by atoms with Gasteiger partial charge in [0.1, 0.15) is 0 Å². The molecule has 24 heavy (non-hydrogen) atoms. The SMILES string of the molecule is CC(CCc1ccccc1)NCc1noc(-c2ccccc2Cl)n1. The van der Waals surface area contributed by atoms with Crippen LogP contribution in [0, 0.1) is 0 Å². The van der Waals surface area contributed by atoms with Gasteiger partial charge < -0.3 is 9.84 Å². The molecule has 0 aliphatic rings. The molecule has 0 radical (unpaired) electrons. The van der Waals surface area contributed by atoms with E-state index in [0.717, 1.165) is 18.4 Å². The number of rotatable bonds is 7. The van der Waals surface area contributed by atoms with Crippen LogP contribution < -0.4 is 5.32 Å². The Bertz CT molecular complexity index is 773. The minimum Gasteiger partial charge on any atom is -0.334 e. The van der Waals surface area contributed by atoms with Gasteiger partial charge in [0.15, 0.2) is 5.82 Å². The van der Waals surface area contributed by atoms with Gasteiger partial charge in [0.2, 0.25) is 0 Å². The van der Waals surface area contributed by atoms with Gasteiger partial charge in [-0.25, -0.2) is 0 Å². The Kier molecular flexibility index (Phi) is 5.62. The predicted molar refractivity (Wildman–Crippen MR) is 95.8 cm³/mol. The van der Waals surface area contributed by atoms with E-state index in [0.29, 0.717) is 29.3 Å². The number of aromatic nitrogens is 2. The zero-order chi connectivity index (χ0) is 16.8. The largest absolute Gasteiger partial charge is 0.334 e. The van der Waals surface area contributed by atoms with E-state index in [4.69, 9.17) is 16.1 Å². The normalized spacial score (nSPS) is 12.2. The third kappa shape index (κ3) is 4.43. The van der Waals surface area contributed by atoms with Gasteiger partial charge in [0.25, 0.3) is 5.89 Å². The number of halogens is 1. The highest BCUT2D eigenvalue weighted by Crippen LogP contribution is 2.25. The predicted octanol–water partition coefficient (Wildman–Crippen LogP) is 4.50. The van der Waals surface area contributed by atoms with E-state index in [-0.39, 0.29) is 0 Å². The van der Waals surface area contributed by atoms with Crippen molar-refractivity contribution in [2.24, 2.45) is 0 Å². The summed E-state index contributed by atoms with van der Waals surface area (Å²) >= 11 is 6.15. The summed E-state index contributed by atoms with van der Waals surface area (Å²) in [5.41, 5.74) is 2.11. The zero-order valence-electron chi connectivity index (χ0n) is 13.6. The monoisotopic (exact) mass is 341 g/mol. The quantitative estimate of drug-likeness (QED) is 0.687. The van der Waals surface area contributed by atoms with E-state index in [9.17, 15) is 0 Å². The van der Waals surface area contributed by atoms with Gasteiger partial charge in [-0.1, -0.05) is 59.2 Å². The van der Waals surface area contributed by atoms with Crippen molar-refractivity contribution in [2.45, 2.75) is 32.4 Å². The number of aryl methyl sites for hydroxylation is 1. The van der Waals surface area contributed by atoms with Gasteiger partial charge >= 0.3 is 0 Å². The molecular formula is C19H20ClN3O. The summed E-state index contributed by atoms with van der Waals surface area (Å²) in [5.74, 6) is 1.09. The van der Waals surface area contributed by atoms with Gasteiger partial charge in [0.05, 0.1) is 17.1 Å². The van der Waals surface area contributed by atoms with Gasteiger partial charge in [-0.3, -0.25) is 0 Å². The number of benzene rings is 2. The molecule has 3 aromatic rings. The third-order valence-electron chi connectivity index (χ3n) is 3.89. The molecule has 0 spiro atoms. The summed E-state index contributed by atoms with van der Waals surface area (Å²) in [6.45, 7) is 2.74. The van der Waals surface area contributed by atoms with Crippen molar-refractivity contribution in [1.29, 1.82) is 0 Å². The third-order valence-corrected chi connectivity index (χ3v) is 4.22. The highest BCUT2D eigenvalue weighted by atomic mass is 35.5. The summed E-state index contributed by atoms with van der Waals surface area (Å²) in [6, 6.07) is 18.3. The summed E-state index contributed by atoms with van der Waals surface area (Å²) in [7, 11) is 0. The molecule has 124 valence electrons. The fourth-order valence-electron chi connectivity index (χ4n) is 2.47. The molecule has 0 saturated heterocycles. The maximum atomic E-state index is 6.15. The van der Waals surface area contributed by atoms with Gasteiger partial charge in [0, 0.05) is 6.04 Å². The van der Waals surface area contributed by atoms with E-state index < -0.39 is 0 Å². The average molecular weight is 342 g/mol. The molecular weight excluding hydrogens is 322 g/mol. The van der Waals surface area contributed by atoms with Crippen molar-refractivity contribution in [3.63, 3.8) is 0 Å². The lowest BCUT2D eigenvalue weighted by atomic mass is 10.1. The van der Waals surface area contributed by atoms with E-state index in [1.807, 2.05) is 30.3 Å². The van der Waals surface area contributed by atoms with Crippen LogP contribution in [0.25, 0.3) is 11.5 Å². The molecule has 1 N–H and O–H groups in total. The maximum Gasteiger partial charge on any atom is 0.259 e. The molecule has 0 aliphatic carbocycles. The second-order valence-electron chi connectivity index (χ2n) is 5.80. The Morgan fingerprint density at radius 2 is 1.83 bits per heavy atom. The Morgan fingerprint density at radius 1 is 1.08 bits per heavy atom. The molecule has 0 saturated carbocycles. The number of hydrogen-bond donors (Lipinski definition) is 1. The highest BCUT2D eigenvalue weighted by molar-refractivity contribution is 6.33. The fraction of sp³-hybridized carbons (Fsp3) is 0.263. The number of nitrogens with zero attached hydrogens (tertiary/aromatic N) is 2. The van der Waals surface area contributed by atoms with Crippen LogP contribution in [0.1, 0.15) is 24.7 Å². The fourth-order valence-corrected chi connectivity index (χ4v) is 2.68. The first-order valence-corrected chi connectivity index (χ1v) is 8.45. The summed E-state index contributed by atoms with van der Waals surface area (Å²) in [6.07, 6.45) is 2.10. The second kappa shape index (κ2) is 8.08. The number of hydrogen-bond acceptors (Lipinski definition) is 4. The zero-order valence-corrected chi connectivity index (χ0v) is 14.3. The van der Waals surface area contributed by atoms with Crippen LogP contribution in [0.15, 0.2) is 59.1 Å². The van der Waals surface area contributed by atoms with Crippen molar-refractivity contribution in [1.82, 2.24) is 15.5 Å². The Morgan fingerprint density at radius 3 is 2.62 bits per heavy atom. The minimum atomic E-state index is 0.368. The Balaban J connectivity index is 1.51. The molecule has 1 heterocycles. The van der Waals surface area contributed by atoms with Crippen molar-refractivity contribution in [3.8, 4) is 11.5 Å². The molecule has 0 fully saturated rings. The summed E-state index contributed by atoms with van der Waals surface area (Å²) in [5, 5.41) is 8.06. The van der Waals surface area contributed by atoms with Crippen molar-refractivity contribution < 1.29 is 4.52 Å². The second-order valence-corrected chi connectivity index (χ2v) is 6.21. The van der Waals surface area contributed by atoms with Crippen LogP contribution in [0.2, 0.25) is 5.02 Å². The topological polar surface area (TPSA) is 51.0 Å². The molecule has 4 nitrogen and oxygen atoms in total. The maximum absolute atomic E-state index is 6.15. The van der Waals surface area contributed by atoms with Crippen LogP contribution in [-0.4, -0.2) is 16.2 Å². The standard InChI is InChI=1S/C19H20ClN3O/c1-14(11-12-15-7-3-2-4-8-15)21-13-18-22-19(24-23-18)16-9-5-6-10-17(16)20/h2-10,14,21H,11-13H2,1H3. The van der Waals surface area contributed by atoms with Gasteiger partial charge in [-0.15, -0.1) is 0 Å². The molecule has 0 bridgehead atoms. The first kappa shape index (κ1) is 16.7. The van der Waals surface area contributed by atoms with Crippen molar-refractivity contribution in [2.75, 3.05) is 0 Å². The Labute approximate surface area is 146 Å². The van der Waals surface area contributed by atoms with E-state index >= 15 is 0 Å². The van der Waals surface area contributed by atoms with E-state index in [1.165, 1.54) is 5.56 Å². The summed E-state index contributed by atoms with van der Waals surface area (Å²) in [4.78, 5) is 4.41. The molecule has 1 aromatic heterocycles. The minimum absolute atomic E-state index is 0.368. The first-order valence-electron chi connectivity index (χ1n) is 8.07. The van der Waals surface area contributed by atoms with Gasteiger partial charge in [-0.05, 0) is 37.5 Å². The van der Waals surface area contributed by atoms with E-state index in [2.05, 4.69) is 46.6 Å². The molecule has 2 aromatic carbocycles. The lowest BCUT2D eigenvalue weighted by Crippen LogP contribution is -2.26. The van der Waals surface area contributed by atoms with Crippen LogP contribution in [-0.2, 0) is 13.0 Å².